The number of carboxylic acids is 1. The van der Waals surface area contributed by atoms with E-state index in [-0.39, 0.29) is 37.6 Å². The zero-order valence-electron chi connectivity index (χ0n) is 11.3. The van der Waals surface area contributed by atoms with Gasteiger partial charge in [0.2, 0.25) is 0 Å². The van der Waals surface area contributed by atoms with Crippen LogP contribution >= 0.6 is 0 Å². The lowest BCUT2D eigenvalue weighted by Crippen LogP contribution is -2.47. The molecule has 2 atom stereocenters. The Balaban J connectivity index is 2.40. The normalized spacial score (nSPS) is 17.6. The Bertz CT molecular complexity index is 319. The predicted molar refractivity (Wildman–Crippen MR) is 67.8 cm³/mol. The fourth-order valence-electron chi connectivity index (χ4n) is 1.94. The van der Waals surface area contributed by atoms with Gasteiger partial charge in [0.05, 0.1) is 25.7 Å². The number of urea groups is 1. The van der Waals surface area contributed by atoms with Gasteiger partial charge in [0.25, 0.3) is 0 Å². The van der Waals surface area contributed by atoms with Gasteiger partial charge in [-0.2, -0.15) is 0 Å². The maximum Gasteiger partial charge on any atom is 0.317 e. The number of hydrogen-bond acceptors (Lipinski definition) is 4. The predicted octanol–water partition coefficient (Wildman–Crippen LogP) is -0.112. The molecule has 0 heterocycles. The molecule has 1 saturated carbocycles. The van der Waals surface area contributed by atoms with Gasteiger partial charge in [0.15, 0.2) is 0 Å². The Morgan fingerprint density at radius 3 is 2.58 bits per heavy atom. The van der Waals surface area contributed by atoms with Gasteiger partial charge < -0.3 is 25.2 Å². The van der Waals surface area contributed by atoms with Crippen molar-refractivity contribution in [1.82, 2.24) is 10.2 Å². The van der Waals surface area contributed by atoms with Crippen LogP contribution in [0.15, 0.2) is 0 Å². The molecule has 0 saturated heterocycles. The number of likely N-dealkylation sites (N-methyl/N-ethyl adjacent to an activating group) is 1. The maximum atomic E-state index is 11.9. The second-order valence-corrected chi connectivity index (χ2v) is 4.98. The number of hydrogen-bond donors (Lipinski definition) is 3. The van der Waals surface area contributed by atoms with Crippen LogP contribution in [0.5, 0.6) is 0 Å². The van der Waals surface area contributed by atoms with Crippen LogP contribution in [-0.4, -0.2) is 66.6 Å². The van der Waals surface area contributed by atoms with Crippen molar-refractivity contribution in [2.45, 2.75) is 31.4 Å². The number of rotatable bonds is 8. The summed E-state index contributed by atoms with van der Waals surface area (Å²) in [7, 11) is 3.03. The average molecular weight is 274 g/mol. The van der Waals surface area contributed by atoms with E-state index in [1.165, 1.54) is 12.0 Å². The summed E-state index contributed by atoms with van der Waals surface area (Å²) in [6.45, 7) is 0.295. The highest BCUT2D eigenvalue weighted by Gasteiger charge is 2.34. The van der Waals surface area contributed by atoms with E-state index >= 15 is 0 Å². The van der Waals surface area contributed by atoms with Crippen LogP contribution in [0.2, 0.25) is 0 Å². The third-order valence-corrected chi connectivity index (χ3v) is 3.08. The van der Waals surface area contributed by atoms with Gasteiger partial charge in [0, 0.05) is 20.2 Å². The lowest BCUT2D eigenvalue weighted by atomic mass is 10.1. The Kier molecular flexibility index (Phi) is 6.04. The zero-order valence-corrected chi connectivity index (χ0v) is 11.3. The van der Waals surface area contributed by atoms with E-state index < -0.39 is 12.1 Å². The molecule has 2 amide bonds. The van der Waals surface area contributed by atoms with E-state index in [2.05, 4.69) is 5.32 Å². The first-order valence-electron chi connectivity index (χ1n) is 6.34. The van der Waals surface area contributed by atoms with Gasteiger partial charge in [0.1, 0.15) is 0 Å². The molecule has 0 radical (unpaired) electrons. The van der Waals surface area contributed by atoms with Crippen molar-refractivity contribution in [3.8, 4) is 0 Å². The summed E-state index contributed by atoms with van der Waals surface area (Å²) >= 11 is 0. The zero-order chi connectivity index (χ0) is 14.4. The SMILES string of the molecule is COCC(O)CN(C)C(=O)NC(CC(=O)O)C1CC1. The molecule has 1 fully saturated rings. The number of amides is 2. The quantitative estimate of drug-likeness (QED) is 0.573. The summed E-state index contributed by atoms with van der Waals surface area (Å²) in [4.78, 5) is 23.9. The molecule has 0 spiro atoms. The summed E-state index contributed by atoms with van der Waals surface area (Å²) in [6, 6.07) is -0.694. The highest BCUT2D eigenvalue weighted by Crippen LogP contribution is 2.34. The molecule has 19 heavy (non-hydrogen) atoms. The van der Waals surface area contributed by atoms with Crippen molar-refractivity contribution in [2.24, 2.45) is 5.92 Å². The van der Waals surface area contributed by atoms with E-state index in [1.54, 1.807) is 7.05 Å². The Morgan fingerprint density at radius 1 is 1.47 bits per heavy atom. The molecular weight excluding hydrogens is 252 g/mol. The molecule has 7 nitrogen and oxygen atoms in total. The van der Waals surface area contributed by atoms with E-state index in [0.717, 1.165) is 12.8 Å². The van der Waals surface area contributed by atoms with Crippen LogP contribution in [-0.2, 0) is 9.53 Å². The van der Waals surface area contributed by atoms with Crippen LogP contribution < -0.4 is 5.32 Å². The lowest BCUT2D eigenvalue weighted by molar-refractivity contribution is -0.137. The van der Waals surface area contributed by atoms with E-state index in [4.69, 9.17) is 9.84 Å². The first-order chi connectivity index (χ1) is 8.93. The number of aliphatic hydroxyl groups excluding tert-OH is 1. The summed E-state index contributed by atoms with van der Waals surface area (Å²) in [5.41, 5.74) is 0. The Morgan fingerprint density at radius 2 is 2.11 bits per heavy atom. The fourth-order valence-corrected chi connectivity index (χ4v) is 1.94. The van der Waals surface area contributed by atoms with E-state index in [0.29, 0.717) is 0 Å². The second kappa shape index (κ2) is 7.30. The fraction of sp³-hybridized carbons (Fsp3) is 0.833. The lowest BCUT2D eigenvalue weighted by Gasteiger charge is -2.24. The first kappa shape index (κ1) is 15.7. The first-order valence-corrected chi connectivity index (χ1v) is 6.34. The van der Waals surface area contributed by atoms with Crippen LogP contribution in [0.1, 0.15) is 19.3 Å². The number of carbonyl (C=O) groups is 2. The summed E-state index contributed by atoms with van der Waals surface area (Å²) in [5, 5.41) is 21.0. The van der Waals surface area contributed by atoms with Crippen LogP contribution in [0, 0.1) is 5.92 Å². The summed E-state index contributed by atoms with van der Waals surface area (Å²) in [6.07, 6.45) is 1.09. The maximum absolute atomic E-state index is 11.9. The molecule has 1 aliphatic rings. The molecule has 1 aliphatic carbocycles. The molecule has 0 aromatic rings. The minimum absolute atomic E-state index is 0.0646. The van der Waals surface area contributed by atoms with E-state index in [9.17, 15) is 14.7 Å². The smallest absolute Gasteiger partial charge is 0.317 e. The van der Waals surface area contributed by atoms with Crippen LogP contribution in [0.3, 0.4) is 0 Å². The number of methoxy groups -OCH3 is 1. The molecular formula is C12H22N2O5. The standard InChI is InChI=1S/C12H22N2O5/c1-14(6-9(15)7-19-2)12(18)13-10(5-11(16)17)8-3-4-8/h8-10,15H,3-7H2,1-2H3,(H,13,18)(H,16,17). The van der Waals surface area contributed by atoms with Crippen LogP contribution in [0.4, 0.5) is 4.79 Å². The van der Waals surface area contributed by atoms with E-state index in [1.807, 2.05) is 0 Å². The summed E-state index contributed by atoms with van der Waals surface area (Å²) < 4.78 is 4.78. The third kappa shape index (κ3) is 5.89. The van der Waals surface area contributed by atoms with Crippen molar-refractivity contribution in [3.63, 3.8) is 0 Å². The summed E-state index contributed by atoms with van der Waals surface area (Å²) in [5.74, 6) is -0.656. The van der Waals surface area contributed by atoms with Crippen molar-refractivity contribution < 1.29 is 24.5 Å². The molecule has 0 aromatic carbocycles. The molecule has 1 rings (SSSR count). The van der Waals surface area contributed by atoms with Crippen molar-refractivity contribution in [3.05, 3.63) is 0 Å². The van der Waals surface area contributed by atoms with Gasteiger partial charge in [-0.05, 0) is 18.8 Å². The van der Waals surface area contributed by atoms with Gasteiger partial charge in [-0.15, -0.1) is 0 Å². The van der Waals surface area contributed by atoms with Crippen molar-refractivity contribution in [1.29, 1.82) is 0 Å². The number of aliphatic hydroxyl groups is 1. The minimum Gasteiger partial charge on any atom is -0.481 e. The van der Waals surface area contributed by atoms with Gasteiger partial charge in [-0.3, -0.25) is 4.79 Å². The highest BCUT2D eigenvalue weighted by atomic mass is 16.5. The topological polar surface area (TPSA) is 99.1 Å². The third-order valence-electron chi connectivity index (χ3n) is 3.08. The second-order valence-electron chi connectivity index (χ2n) is 4.98. The minimum atomic E-state index is -0.917. The van der Waals surface area contributed by atoms with Crippen molar-refractivity contribution >= 4 is 12.0 Å². The van der Waals surface area contributed by atoms with Crippen molar-refractivity contribution in [2.75, 3.05) is 27.3 Å². The molecule has 2 unspecified atom stereocenters. The van der Waals surface area contributed by atoms with Crippen LogP contribution in [0.25, 0.3) is 0 Å². The molecule has 0 bridgehead atoms. The van der Waals surface area contributed by atoms with Gasteiger partial charge >= 0.3 is 12.0 Å². The largest absolute Gasteiger partial charge is 0.481 e. The number of nitrogens with one attached hydrogen (secondary N) is 1. The number of carboxylic acid groups (broad SMARTS) is 1. The number of nitrogens with zero attached hydrogens (tertiary/aromatic N) is 1. The Labute approximate surface area is 112 Å². The van der Waals surface area contributed by atoms with Gasteiger partial charge in [-0.1, -0.05) is 0 Å². The molecule has 110 valence electrons. The molecule has 0 aromatic heterocycles. The van der Waals surface area contributed by atoms with Gasteiger partial charge in [-0.25, -0.2) is 4.79 Å². The number of aliphatic carboxylic acids is 1. The Hall–Kier alpha value is -1.34. The number of carbonyl (C=O) groups excluding carboxylic acids is 1. The number of ether oxygens (including phenoxy) is 1. The molecule has 0 aliphatic heterocycles. The molecule has 7 heteroatoms. The highest BCUT2D eigenvalue weighted by molar-refractivity contribution is 5.75. The average Bonchev–Trinajstić information content (AvgIpc) is 3.11. The molecule has 3 N–H and O–H groups in total. The monoisotopic (exact) mass is 274 g/mol.